The molecule has 0 aromatic heterocycles. The molecule has 1 aromatic carbocycles. The number of rotatable bonds is 6. The molecule has 0 heterocycles. The minimum atomic E-state index is -1.03. The third kappa shape index (κ3) is 8.74. The van der Waals surface area contributed by atoms with Gasteiger partial charge in [0.05, 0.1) is 0 Å². The molecular formula is C25H41N3O5S. The summed E-state index contributed by atoms with van der Waals surface area (Å²) in [5.41, 5.74) is -0.984. The van der Waals surface area contributed by atoms with Crippen LogP contribution < -0.4 is 10.6 Å². The predicted octanol–water partition coefficient (Wildman–Crippen LogP) is 4.11. The number of hydrogen-bond acceptors (Lipinski definition) is 6. The summed E-state index contributed by atoms with van der Waals surface area (Å²) in [6.07, 6.45) is -0.745. The number of amides is 3. The number of phenols is 1. The van der Waals surface area contributed by atoms with Crippen LogP contribution in [0.4, 0.5) is 4.79 Å². The molecule has 0 fully saturated rings. The maximum atomic E-state index is 13.8. The fourth-order valence-electron chi connectivity index (χ4n) is 3.35. The second-order valence-electron chi connectivity index (χ2n) is 11.4. The first-order valence-corrected chi connectivity index (χ1v) is 11.9. The van der Waals surface area contributed by atoms with Gasteiger partial charge in [-0.3, -0.25) is 9.59 Å². The van der Waals surface area contributed by atoms with Crippen LogP contribution in [0.2, 0.25) is 0 Å². The maximum Gasteiger partial charge on any atom is 0.408 e. The third-order valence-corrected chi connectivity index (χ3v) is 5.04. The van der Waals surface area contributed by atoms with Gasteiger partial charge < -0.3 is 25.4 Å². The van der Waals surface area contributed by atoms with E-state index in [2.05, 4.69) is 23.3 Å². The van der Waals surface area contributed by atoms with Crippen molar-refractivity contribution in [3.8, 4) is 5.75 Å². The number of ether oxygens (including phenoxy) is 1. The van der Waals surface area contributed by atoms with Crippen LogP contribution in [0.15, 0.2) is 18.2 Å². The van der Waals surface area contributed by atoms with Crippen LogP contribution >= 0.6 is 12.6 Å². The third-order valence-electron chi connectivity index (χ3n) is 4.67. The highest BCUT2D eigenvalue weighted by molar-refractivity contribution is 7.80. The monoisotopic (exact) mass is 495 g/mol. The molecule has 0 aliphatic rings. The van der Waals surface area contributed by atoms with Gasteiger partial charge in [0.1, 0.15) is 23.4 Å². The van der Waals surface area contributed by atoms with E-state index in [0.29, 0.717) is 11.1 Å². The first-order valence-electron chi connectivity index (χ1n) is 11.3. The average Bonchev–Trinajstić information content (AvgIpc) is 2.62. The molecule has 0 saturated heterocycles. The standard InChI is InChI=1S/C25H41N3O5S/c1-15-13-16(11-12-18(15)29)19(20(30)27-23(2,3)4)28(24(5,6)7)21(31)17(14-34)26-22(32)33-25(8,9)10/h11-13,17,19,29,34H,14H2,1-10H3,(H,26,32)(H,27,30). The van der Waals surface area contributed by atoms with E-state index in [1.54, 1.807) is 39.8 Å². The Morgan fingerprint density at radius 1 is 1.06 bits per heavy atom. The molecule has 0 aliphatic heterocycles. The van der Waals surface area contributed by atoms with Gasteiger partial charge in [0.25, 0.3) is 0 Å². The number of aryl methyl sites for hydroxylation is 1. The lowest BCUT2D eigenvalue weighted by molar-refractivity contribution is -0.148. The molecule has 0 radical (unpaired) electrons. The second kappa shape index (κ2) is 10.9. The normalized spacial score (nSPS) is 14.1. The molecule has 9 heteroatoms. The van der Waals surface area contributed by atoms with Gasteiger partial charge in [-0.25, -0.2) is 4.79 Å². The van der Waals surface area contributed by atoms with Crippen molar-refractivity contribution in [3.63, 3.8) is 0 Å². The van der Waals surface area contributed by atoms with E-state index in [0.717, 1.165) is 0 Å². The topological polar surface area (TPSA) is 108 Å². The highest BCUT2D eigenvalue weighted by atomic mass is 32.1. The number of benzene rings is 1. The molecule has 192 valence electrons. The number of phenolic OH excluding ortho intramolecular Hbond substituents is 1. The molecular weight excluding hydrogens is 454 g/mol. The Bertz CT molecular complexity index is 897. The van der Waals surface area contributed by atoms with Gasteiger partial charge in [0, 0.05) is 16.8 Å². The number of carbonyl (C=O) groups is 3. The highest BCUT2D eigenvalue weighted by Crippen LogP contribution is 2.32. The summed E-state index contributed by atoms with van der Waals surface area (Å²) < 4.78 is 5.31. The molecule has 2 unspecified atom stereocenters. The molecule has 0 aliphatic carbocycles. The number of nitrogens with one attached hydrogen (secondary N) is 2. The van der Waals surface area contributed by atoms with E-state index in [4.69, 9.17) is 4.74 Å². The average molecular weight is 496 g/mol. The van der Waals surface area contributed by atoms with Gasteiger partial charge >= 0.3 is 6.09 Å². The largest absolute Gasteiger partial charge is 0.508 e. The zero-order valence-electron chi connectivity index (χ0n) is 22.1. The Morgan fingerprint density at radius 2 is 1.62 bits per heavy atom. The van der Waals surface area contributed by atoms with Gasteiger partial charge in [-0.15, -0.1) is 0 Å². The quantitative estimate of drug-likeness (QED) is 0.444. The van der Waals surface area contributed by atoms with Gasteiger partial charge in [-0.1, -0.05) is 6.07 Å². The summed E-state index contributed by atoms with van der Waals surface area (Å²) >= 11 is 4.29. The zero-order valence-corrected chi connectivity index (χ0v) is 23.0. The predicted molar refractivity (Wildman–Crippen MR) is 137 cm³/mol. The van der Waals surface area contributed by atoms with E-state index < -0.39 is 40.8 Å². The minimum Gasteiger partial charge on any atom is -0.508 e. The Kier molecular flexibility index (Phi) is 9.48. The van der Waals surface area contributed by atoms with Crippen LogP contribution in [0, 0.1) is 6.92 Å². The van der Waals surface area contributed by atoms with Crippen molar-refractivity contribution in [2.45, 2.75) is 98.0 Å². The van der Waals surface area contributed by atoms with Gasteiger partial charge in [0.2, 0.25) is 11.8 Å². The molecule has 2 atom stereocenters. The molecule has 0 saturated carbocycles. The summed E-state index contributed by atoms with van der Waals surface area (Å²) in [5.74, 6) is -0.760. The van der Waals surface area contributed by atoms with Crippen LogP contribution in [-0.4, -0.2) is 56.4 Å². The lowest BCUT2D eigenvalue weighted by Crippen LogP contribution is -2.60. The van der Waals surface area contributed by atoms with Crippen LogP contribution in [0.25, 0.3) is 0 Å². The Hall–Kier alpha value is -2.42. The molecule has 3 amide bonds. The first kappa shape index (κ1) is 29.6. The Labute approximate surface area is 209 Å². The molecule has 3 N–H and O–H groups in total. The number of thiol groups is 1. The number of aromatic hydroxyl groups is 1. The lowest BCUT2D eigenvalue weighted by Gasteiger charge is -2.43. The van der Waals surface area contributed by atoms with Crippen molar-refractivity contribution < 1.29 is 24.2 Å². The van der Waals surface area contributed by atoms with Gasteiger partial charge in [0.15, 0.2) is 0 Å². The molecule has 0 bridgehead atoms. The molecule has 1 aromatic rings. The summed E-state index contributed by atoms with van der Waals surface area (Å²) in [6, 6.07) is 2.76. The fourth-order valence-corrected chi connectivity index (χ4v) is 3.60. The smallest absolute Gasteiger partial charge is 0.408 e. The van der Waals surface area contributed by atoms with Crippen molar-refractivity contribution in [1.29, 1.82) is 0 Å². The second-order valence-corrected chi connectivity index (χ2v) is 11.8. The first-order chi connectivity index (χ1) is 15.3. The minimum absolute atomic E-state index is 0.00682. The van der Waals surface area contributed by atoms with Crippen molar-refractivity contribution >= 4 is 30.5 Å². The van der Waals surface area contributed by atoms with Crippen molar-refractivity contribution in [2.75, 3.05) is 5.75 Å². The highest BCUT2D eigenvalue weighted by Gasteiger charge is 2.42. The lowest BCUT2D eigenvalue weighted by atomic mass is 9.94. The van der Waals surface area contributed by atoms with Crippen LogP contribution in [0.3, 0.4) is 0 Å². The van der Waals surface area contributed by atoms with Crippen LogP contribution in [0.1, 0.15) is 79.5 Å². The number of hydrogen-bond donors (Lipinski definition) is 4. The Morgan fingerprint density at radius 3 is 2.03 bits per heavy atom. The van der Waals surface area contributed by atoms with Gasteiger partial charge in [-0.05, 0) is 92.5 Å². The van der Waals surface area contributed by atoms with E-state index in [-0.39, 0.29) is 17.4 Å². The Balaban J connectivity index is 3.56. The molecule has 0 spiro atoms. The maximum absolute atomic E-state index is 13.8. The number of nitrogens with zero attached hydrogens (tertiary/aromatic N) is 1. The van der Waals surface area contributed by atoms with E-state index in [9.17, 15) is 19.5 Å². The molecule has 1 rings (SSSR count). The number of carbonyl (C=O) groups excluding carboxylic acids is 3. The van der Waals surface area contributed by atoms with Crippen LogP contribution in [0.5, 0.6) is 5.75 Å². The molecule has 34 heavy (non-hydrogen) atoms. The van der Waals surface area contributed by atoms with E-state index in [1.807, 2.05) is 41.5 Å². The number of alkyl carbamates (subject to hydrolysis) is 1. The SMILES string of the molecule is Cc1cc(C(C(=O)NC(C)(C)C)N(C(=O)C(CS)NC(=O)OC(C)(C)C)C(C)(C)C)ccc1O. The molecule has 8 nitrogen and oxygen atoms in total. The van der Waals surface area contributed by atoms with E-state index >= 15 is 0 Å². The zero-order chi connectivity index (χ0) is 26.6. The summed E-state index contributed by atoms with van der Waals surface area (Å²) in [7, 11) is 0. The summed E-state index contributed by atoms with van der Waals surface area (Å²) in [6.45, 7) is 17.9. The summed E-state index contributed by atoms with van der Waals surface area (Å²) in [5, 5.41) is 15.6. The van der Waals surface area contributed by atoms with Crippen molar-refractivity contribution in [1.82, 2.24) is 15.5 Å². The fraction of sp³-hybridized carbons (Fsp3) is 0.640. The van der Waals surface area contributed by atoms with E-state index in [1.165, 1.54) is 11.0 Å². The van der Waals surface area contributed by atoms with Crippen LogP contribution in [-0.2, 0) is 14.3 Å². The van der Waals surface area contributed by atoms with Crippen molar-refractivity contribution in [3.05, 3.63) is 29.3 Å². The van der Waals surface area contributed by atoms with Crippen molar-refractivity contribution in [2.24, 2.45) is 0 Å². The summed E-state index contributed by atoms with van der Waals surface area (Å²) in [4.78, 5) is 41.3. The van der Waals surface area contributed by atoms with Gasteiger partial charge in [-0.2, -0.15) is 12.6 Å².